The molecule has 19 nitrogen and oxygen atoms in total. The van der Waals surface area contributed by atoms with Crippen LogP contribution < -0.4 is 0 Å². The number of imide groups is 2. The number of halogens is 1. The van der Waals surface area contributed by atoms with Crippen LogP contribution in [0.4, 0.5) is 0 Å². The molecule has 0 spiro atoms. The van der Waals surface area contributed by atoms with Gasteiger partial charge in [0.25, 0.3) is 23.6 Å². The Morgan fingerprint density at radius 1 is 0.536 bits per heavy atom. The van der Waals surface area contributed by atoms with Crippen molar-refractivity contribution in [2.24, 2.45) is 0 Å². The fourth-order valence-corrected chi connectivity index (χ4v) is 9.32. The monoisotopic (exact) mass is 1020 g/mol. The Morgan fingerprint density at radius 3 is 1.49 bits per heavy atom. The summed E-state index contributed by atoms with van der Waals surface area (Å²) in [6.07, 6.45) is -9.80. The molecule has 20 heteroatoms. The third-order valence-corrected chi connectivity index (χ3v) is 12.4. The predicted molar refractivity (Wildman–Crippen MR) is 241 cm³/mol. The predicted octanol–water partition coefficient (Wildman–Crippen LogP) is 4.70. The minimum Gasteiger partial charge on any atom is -0.463 e. The van der Waals surface area contributed by atoms with Crippen LogP contribution in [0.2, 0.25) is 0 Å². The molecule has 0 saturated carbocycles. The molecule has 4 heterocycles. The van der Waals surface area contributed by atoms with Gasteiger partial charge in [-0.1, -0.05) is 83.4 Å². The number of ether oxygens (including phenoxy) is 9. The summed E-state index contributed by atoms with van der Waals surface area (Å²) >= 11 is 3.45. The highest BCUT2D eigenvalue weighted by Crippen LogP contribution is 2.40. The molecule has 4 aliphatic heterocycles. The van der Waals surface area contributed by atoms with E-state index in [9.17, 15) is 38.4 Å². The molecule has 10 atom stereocenters. The van der Waals surface area contributed by atoms with Gasteiger partial charge in [0.2, 0.25) is 0 Å². The second-order valence-electron chi connectivity index (χ2n) is 16.7. The van der Waals surface area contributed by atoms with Crippen LogP contribution in [0.25, 0.3) is 0 Å². The third-order valence-electron chi connectivity index (χ3n) is 11.8. The molecule has 0 radical (unpaired) electrons. The topological polar surface area (TPSA) is 226 Å². The lowest BCUT2D eigenvalue weighted by Gasteiger charge is -2.51. The molecule has 0 aromatic heterocycles. The van der Waals surface area contributed by atoms with Gasteiger partial charge in [0, 0.05) is 39.6 Å². The van der Waals surface area contributed by atoms with Crippen molar-refractivity contribution < 1.29 is 81.0 Å². The fraction of sp³-hybridized carbons (Fsp3) is 0.469. The second-order valence-corrected chi connectivity index (χ2v) is 17.5. The van der Waals surface area contributed by atoms with E-state index in [0.29, 0.717) is 6.42 Å². The fourth-order valence-electron chi connectivity index (χ4n) is 8.92. The first-order valence-corrected chi connectivity index (χ1v) is 23.7. The van der Waals surface area contributed by atoms with Crippen LogP contribution >= 0.6 is 15.9 Å². The van der Waals surface area contributed by atoms with E-state index in [-0.39, 0.29) is 42.1 Å². The zero-order valence-electron chi connectivity index (χ0n) is 38.4. The van der Waals surface area contributed by atoms with Crippen LogP contribution in [0.3, 0.4) is 0 Å². The quantitative estimate of drug-likeness (QED) is 0.0492. The van der Waals surface area contributed by atoms with E-state index in [1.54, 1.807) is 24.3 Å². The van der Waals surface area contributed by atoms with E-state index in [4.69, 9.17) is 42.6 Å². The number of alkyl halides is 1. The molecule has 4 amide bonds. The number of rotatable bonds is 20. The summed E-state index contributed by atoms with van der Waals surface area (Å²) in [6.45, 7) is 3.55. The summed E-state index contributed by atoms with van der Waals surface area (Å²) in [4.78, 5) is 111. The lowest BCUT2D eigenvalue weighted by molar-refractivity contribution is -0.343. The van der Waals surface area contributed by atoms with Gasteiger partial charge in [0.05, 0.1) is 35.5 Å². The molecule has 69 heavy (non-hydrogen) atoms. The zero-order chi connectivity index (χ0) is 49.4. The van der Waals surface area contributed by atoms with Crippen molar-refractivity contribution in [2.75, 3.05) is 25.2 Å². The normalized spacial score (nSPS) is 26.3. The molecule has 368 valence electrons. The Hall–Kier alpha value is -5.90. The smallest absolute Gasteiger partial charge is 0.303 e. The molecule has 0 unspecified atom stereocenters. The van der Waals surface area contributed by atoms with Crippen molar-refractivity contribution >= 4 is 63.4 Å². The molecule has 2 fully saturated rings. The summed E-state index contributed by atoms with van der Waals surface area (Å²) in [5.74, 6) is -6.69. The van der Waals surface area contributed by atoms with Crippen molar-refractivity contribution in [3.63, 3.8) is 0 Å². The highest BCUT2D eigenvalue weighted by atomic mass is 79.9. The lowest BCUT2D eigenvalue weighted by Crippen LogP contribution is -2.71. The Kier molecular flexibility index (Phi) is 17.1. The number of hydrogen-bond donors (Lipinski definition) is 0. The number of nitrogens with zero attached hydrogens (tertiary/aromatic N) is 2. The minimum atomic E-state index is -1.93. The summed E-state index contributed by atoms with van der Waals surface area (Å²) in [6, 6.07) is 17.9. The van der Waals surface area contributed by atoms with Gasteiger partial charge < -0.3 is 42.6 Å². The van der Waals surface area contributed by atoms with Crippen LogP contribution in [-0.4, -0.2) is 144 Å². The molecule has 0 bridgehead atoms. The van der Waals surface area contributed by atoms with E-state index >= 15 is 0 Å². The van der Waals surface area contributed by atoms with Gasteiger partial charge in [-0.25, -0.2) is 0 Å². The molecule has 0 aliphatic carbocycles. The maximum Gasteiger partial charge on any atom is 0.303 e. The summed E-state index contributed by atoms with van der Waals surface area (Å²) < 4.78 is 55.8. The van der Waals surface area contributed by atoms with Crippen LogP contribution in [0.1, 0.15) is 100 Å². The van der Waals surface area contributed by atoms with Crippen molar-refractivity contribution in [1.29, 1.82) is 0 Å². The van der Waals surface area contributed by atoms with Gasteiger partial charge in [-0.05, 0) is 42.7 Å². The highest BCUT2D eigenvalue weighted by molar-refractivity contribution is 9.09. The van der Waals surface area contributed by atoms with Crippen molar-refractivity contribution in [3.05, 3.63) is 107 Å². The van der Waals surface area contributed by atoms with Crippen molar-refractivity contribution in [3.8, 4) is 0 Å². The number of hydrogen-bond acceptors (Lipinski definition) is 17. The molecular formula is C49H53BrN2O17. The Labute approximate surface area is 406 Å². The Balaban J connectivity index is 1.37. The van der Waals surface area contributed by atoms with Gasteiger partial charge >= 0.3 is 23.9 Å². The average Bonchev–Trinajstić information content (AvgIpc) is 3.71. The molecule has 3 aromatic rings. The SMILES string of the molecule is CC(=O)OC[C@H]1O[C@@H](O[C@H]2[C@H](OC(C)=O)[C@@H](N3C(=O)c4ccccc4C3=O)[C@H](OCCCCCCBr)O[C@@H]2COCc2ccccc2)[C@H](N2C(=O)c3ccccc3C2=O)[C@@H](OC(C)=O)[C@H]1OC(C)=O. The number of carbonyl (C=O) groups is 8. The Bertz CT molecular complexity index is 2330. The largest absolute Gasteiger partial charge is 0.463 e. The van der Waals surface area contributed by atoms with E-state index < -0.39 is 115 Å². The van der Waals surface area contributed by atoms with Crippen LogP contribution in [0.5, 0.6) is 0 Å². The maximum atomic E-state index is 14.4. The van der Waals surface area contributed by atoms with Gasteiger partial charge in [0.1, 0.15) is 37.0 Å². The highest BCUT2D eigenvalue weighted by Gasteiger charge is 2.61. The van der Waals surface area contributed by atoms with Gasteiger partial charge in [0.15, 0.2) is 30.9 Å². The number of esters is 4. The van der Waals surface area contributed by atoms with E-state index in [2.05, 4.69) is 15.9 Å². The van der Waals surface area contributed by atoms with Crippen LogP contribution in [-0.2, 0) is 68.4 Å². The molecular weight excluding hydrogens is 968 g/mol. The van der Waals surface area contributed by atoms with E-state index in [1.807, 2.05) is 30.3 Å². The van der Waals surface area contributed by atoms with Gasteiger partial charge in [-0.15, -0.1) is 0 Å². The molecule has 7 rings (SSSR count). The molecule has 0 N–H and O–H groups in total. The van der Waals surface area contributed by atoms with E-state index in [0.717, 1.165) is 67.7 Å². The molecule has 2 saturated heterocycles. The van der Waals surface area contributed by atoms with Crippen molar-refractivity contribution in [1.82, 2.24) is 9.80 Å². The van der Waals surface area contributed by atoms with Gasteiger partial charge in [-0.3, -0.25) is 48.2 Å². The summed E-state index contributed by atoms with van der Waals surface area (Å²) in [5, 5.41) is 0.812. The zero-order valence-corrected chi connectivity index (χ0v) is 39.9. The van der Waals surface area contributed by atoms with Crippen LogP contribution in [0, 0.1) is 0 Å². The first-order valence-electron chi connectivity index (χ1n) is 22.5. The number of amides is 4. The summed E-state index contributed by atoms with van der Waals surface area (Å²) in [5.41, 5.74) is 0.880. The summed E-state index contributed by atoms with van der Waals surface area (Å²) in [7, 11) is 0. The minimum absolute atomic E-state index is 0.0160. The number of carbonyl (C=O) groups excluding carboxylic acids is 8. The first-order chi connectivity index (χ1) is 33.2. The van der Waals surface area contributed by atoms with Crippen molar-refractivity contribution in [2.45, 2.75) is 121 Å². The van der Waals surface area contributed by atoms with Gasteiger partial charge in [-0.2, -0.15) is 0 Å². The van der Waals surface area contributed by atoms with Crippen LogP contribution in [0.15, 0.2) is 78.9 Å². The number of fused-ring (bicyclic) bond motifs is 2. The average molecular weight is 1020 g/mol. The van der Waals surface area contributed by atoms with E-state index in [1.165, 1.54) is 24.3 Å². The molecule has 3 aromatic carbocycles. The Morgan fingerprint density at radius 2 is 0.986 bits per heavy atom. The number of benzene rings is 3. The maximum absolute atomic E-state index is 14.4. The lowest BCUT2D eigenvalue weighted by atomic mass is 9.92. The second kappa shape index (κ2) is 23.1. The number of unbranched alkanes of at least 4 members (excludes halogenated alkanes) is 3. The first kappa shape index (κ1) is 51.0. The standard InChI is InChI=1S/C49H53BrN2O17/c1-27(53)63-26-37-40(64-28(2)54)43(66-30(4)56)39(52-46(59)34-20-12-13-21-35(34)47(52)60)49(68-37)69-41-36(25-61-24-31-16-8-7-9-17-31)67-48(62-23-15-6-5-14-22-50)38(42(41)65-29(3)55)51-44(57)32-18-10-11-19-33(32)45(51)58/h7-13,16-21,36-43,48-49H,5-6,14-15,22-26H2,1-4H3/t36-,37-,38-,39-,40+,41-,42-,43-,48-,49+/m1/s1. The third kappa shape index (κ3) is 11.6. The molecule has 4 aliphatic rings.